The third-order valence-corrected chi connectivity index (χ3v) is 14.5. The van der Waals surface area contributed by atoms with Gasteiger partial charge in [-0.2, -0.15) is 0 Å². The second-order valence-electron chi connectivity index (χ2n) is 18.0. The fourth-order valence-electron chi connectivity index (χ4n) is 11.0. The molecule has 0 aromatic carbocycles. The fourth-order valence-corrected chi connectivity index (χ4v) is 11.0. The van der Waals surface area contributed by atoms with Gasteiger partial charge in [0.25, 0.3) is 5.91 Å². The van der Waals surface area contributed by atoms with E-state index in [2.05, 4.69) is 64.9 Å². The van der Waals surface area contributed by atoms with E-state index in [9.17, 15) is 4.79 Å². The van der Waals surface area contributed by atoms with E-state index in [1.54, 1.807) is 0 Å². The van der Waals surface area contributed by atoms with Gasteiger partial charge in [0, 0.05) is 94.3 Å². The van der Waals surface area contributed by atoms with E-state index in [0.29, 0.717) is 11.6 Å². The molecule has 4 aromatic heterocycles. The number of pyridine rings is 2. The van der Waals surface area contributed by atoms with Crippen LogP contribution < -0.4 is 20.0 Å². The van der Waals surface area contributed by atoms with E-state index >= 15 is 0 Å². The van der Waals surface area contributed by atoms with Gasteiger partial charge in [-0.3, -0.25) is 14.6 Å². The topological polar surface area (TPSA) is 103 Å². The van der Waals surface area contributed by atoms with Crippen LogP contribution in [0.15, 0.2) is 24.4 Å². The van der Waals surface area contributed by atoms with Crippen molar-refractivity contribution >= 4 is 45.2 Å². The van der Waals surface area contributed by atoms with Crippen molar-refractivity contribution in [3.05, 3.63) is 30.1 Å². The number of amides is 1. The summed E-state index contributed by atoms with van der Waals surface area (Å²) in [5.74, 6) is 3.81. The molecule has 6 fully saturated rings. The lowest BCUT2D eigenvalue weighted by molar-refractivity contribution is 0.0933. The molecule has 11 nitrogen and oxygen atoms in total. The molecule has 0 atom stereocenters. The summed E-state index contributed by atoms with van der Waals surface area (Å²) in [7, 11) is 0. The molecule has 0 spiro atoms. The number of fused-ring (bicyclic) bond motifs is 2. The molecule has 3 aliphatic carbocycles. The first-order valence-electron chi connectivity index (χ1n) is 22.1. The highest BCUT2D eigenvalue weighted by Gasteiger charge is 2.32. The Morgan fingerprint density at radius 2 is 1.27 bits per heavy atom. The van der Waals surface area contributed by atoms with E-state index in [0.717, 1.165) is 148 Å². The third-order valence-electron chi connectivity index (χ3n) is 14.5. The molecule has 3 saturated carbocycles. The van der Waals surface area contributed by atoms with Gasteiger partial charge < -0.3 is 30.0 Å². The van der Waals surface area contributed by atoms with Gasteiger partial charge >= 0.3 is 0 Å². The second kappa shape index (κ2) is 15.3. The number of nitrogens with one attached hydrogen (secondary N) is 3. The lowest BCUT2D eigenvalue weighted by Crippen LogP contribution is -2.50. The number of rotatable bonds is 8. The Hall–Kier alpha value is -3.83. The second-order valence-corrected chi connectivity index (χ2v) is 18.0. The number of aromatic amines is 2. The maximum Gasteiger partial charge on any atom is 0.267 e. The number of piperidine rings is 1. The van der Waals surface area contributed by atoms with Crippen LogP contribution in [0, 0.1) is 5.92 Å². The van der Waals surface area contributed by atoms with Crippen LogP contribution in [0.2, 0.25) is 0 Å². The number of H-pyrrole nitrogens is 2. The van der Waals surface area contributed by atoms with Crippen LogP contribution in [0.25, 0.3) is 33.1 Å². The Morgan fingerprint density at radius 1 is 0.673 bits per heavy atom. The zero-order chi connectivity index (χ0) is 36.9. The van der Waals surface area contributed by atoms with Gasteiger partial charge in [0.15, 0.2) is 5.82 Å². The van der Waals surface area contributed by atoms with Crippen LogP contribution in [0.3, 0.4) is 0 Å². The summed E-state index contributed by atoms with van der Waals surface area (Å²) in [5.41, 5.74) is 4.80. The lowest BCUT2D eigenvalue weighted by Gasteiger charge is -2.40. The molecule has 11 heteroatoms. The quantitative estimate of drug-likeness (QED) is 0.175. The highest BCUT2D eigenvalue weighted by Crippen LogP contribution is 2.43. The molecule has 6 aliphatic rings. The molecule has 1 amide bonds. The smallest absolute Gasteiger partial charge is 0.267 e. The highest BCUT2D eigenvalue weighted by molar-refractivity contribution is 6.10. The van der Waals surface area contributed by atoms with Gasteiger partial charge in [-0.25, -0.2) is 9.97 Å². The van der Waals surface area contributed by atoms with E-state index in [-0.39, 0.29) is 11.9 Å². The van der Waals surface area contributed by atoms with Crippen molar-refractivity contribution in [2.45, 2.75) is 115 Å². The molecule has 0 unspecified atom stereocenters. The van der Waals surface area contributed by atoms with Crippen molar-refractivity contribution in [1.82, 2.24) is 35.1 Å². The Morgan fingerprint density at radius 3 is 1.93 bits per heavy atom. The average Bonchev–Trinajstić information content (AvgIpc) is 4.08. The number of anilines is 3. The molecule has 7 heterocycles. The van der Waals surface area contributed by atoms with Crippen LogP contribution in [-0.4, -0.2) is 119 Å². The number of piperazine rings is 2. The minimum absolute atomic E-state index is 0.00230. The molecule has 3 N–H and O–H groups in total. The number of nitrogens with zero attached hydrogens (tertiary/aromatic N) is 7. The van der Waals surface area contributed by atoms with Crippen molar-refractivity contribution in [1.29, 1.82) is 0 Å². The first-order valence-corrected chi connectivity index (χ1v) is 22.1. The van der Waals surface area contributed by atoms with Crippen LogP contribution in [0.4, 0.5) is 17.5 Å². The van der Waals surface area contributed by atoms with Crippen LogP contribution in [0.1, 0.15) is 107 Å². The van der Waals surface area contributed by atoms with Gasteiger partial charge in [0.1, 0.15) is 17.3 Å². The number of aromatic nitrogens is 4. The average molecular weight is 747 g/mol. The standard InChI is InChI=1S/C44H62N10O/c1-30-14-16-53(17-15-30)43-41-35(28-37(48-41)44(55)46-32-8-2-3-9-32)40(42(49-43)54-24-20-51(21-25-54)34-12-6-7-13-34)36-26-31-27-39(45-29-38(31)47-36)52-22-18-50(19-23-52)33-10-4-5-11-33/h26-30,32-34,47-48H,2-25H2,1H3,(H,46,55). The maximum atomic E-state index is 13.9. The van der Waals surface area contributed by atoms with Crippen molar-refractivity contribution in [3.63, 3.8) is 0 Å². The van der Waals surface area contributed by atoms with Gasteiger partial charge in [-0.15, -0.1) is 0 Å². The normalized spacial score (nSPS) is 23.3. The largest absolute Gasteiger partial charge is 0.355 e. The summed E-state index contributed by atoms with van der Waals surface area (Å²) in [6.07, 6.45) is 19.7. The first-order chi connectivity index (χ1) is 27.0. The van der Waals surface area contributed by atoms with Gasteiger partial charge in [-0.1, -0.05) is 45.4 Å². The summed E-state index contributed by atoms with van der Waals surface area (Å²) in [4.78, 5) is 45.0. The maximum absolute atomic E-state index is 13.9. The van der Waals surface area contributed by atoms with Crippen LogP contribution >= 0.6 is 0 Å². The summed E-state index contributed by atoms with van der Waals surface area (Å²) in [6, 6.07) is 8.50. The predicted octanol–water partition coefficient (Wildman–Crippen LogP) is 7.14. The minimum atomic E-state index is -0.00230. The number of hydrogen-bond donors (Lipinski definition) is 3. The molecule has 3 aliphatic heterocycles. The molecule has 0 bridgehead atoms. The Balaban J connectivity index is 1.03. The van der Waals surface area contributed by atoms with Gasteiger partial charge in [0.2, 0.25) is 0 Å². The van der Waals surface area contributed by atoms with E-state index in [1.165, 1.54) is 69.6 Å². The van der Waals surface area contributed by atoms with E-state index in [4.69, 9.17) is 9.97 Å². The van der Waals surface area contributed by atoms with Crippen LogP contribution in [-0.2, 0) is 0 Å². The molecular weight excluding hydrogens is 685 g/mol. The Kier molecular flexibility index (Phi) is 9.87. The number of carbonyl (C=O) groups excluding carboxylic acids is 1. The minimum Gasteiger partial charge on any atom is -0.355 e. The molecule has 0 radical (unpaired) electrons. The summed E-state index contributed by atoms with van der Waals surface area (Å²) >= 11 is 0. The molecule has 294 valence electrons. The molecule has 55 heavy (non-hydrogen) atoms. The Bertz CT molecular complexity index is 1960. The zero-order valence-corrected chi connectivity index (χ0v) is 33.1. The monoisotopic (exact) mass is 747 g/mol. The summed E-state index contributed by atoms with van der Waals surface area (Å²) < 4.78 is 0. The predicted molar refractivity (Wildman–Crippen MR) is 224 cm³/mol. The van der Waals surface area contributed by atoms with Crippen molar-refractivity contribution in [3.8, 4) is 11.3 Å². The van der Waals surface area contributed by atoms with E-state index < -0.39 is 0 Å². The third kappa shape index (κ3) is 7.09. The number of carbonyl (C=O) groups is 1. The highest BCUT2D eigenvalue weighted by atomic mass is 16.2. The first kappa shape index (κ1) is 35.6. The van der Waals surface area contributed by atoms with Crippen molar-refractivity contribution < 1.29 is 4.79 Å². The molecule has 4 aromatic rings. The molecule has 10 rings (SSSR count). The van der Waals surface area contributed by atoms with Crippen molar-refractivity contribution in [2.24, 2.45) is 5.92 Å². The SMILES string of the molecule is CC1CCN(c2nc(N3CCN(C4CCCC4)CC3)c(-c3cc4cc(N5CCN(C6CCCC6)CC5)ncc4[nH]3)c3cc(C(=O)NC4CCCC4)[nH]c23)CC1. The lowest BCUT2D eigenvalue weighted by atomic mass is 9.99. The zero-order valence-electron chi connectivity index (χ0n) is 33.1. The summed E-state index contributed by atoms with van der Waals surface area (Å²) in [5, 5.41) is 5.62. The fraction of sp³-hybridized carbons (Fsp3) is 0.659. The molecular formula is C44H62N10O. The Labute approximate surface area is 326 Å². The van der Waals surface area contributed by atoms with Gasteiger partial charge in [0.05, 0.1) is 28.5 Å². The summed E-state index contributed by atoms with van der Waals surface area (Å²) in [6.45, 7) is 12.7. The van der Waals surface area contributed by atoms with E-state index in [1.807, 2.05) is 6.20 Å². The molecule has 3 saturated heterocycles. The van der Waals surface area contributed by atoms with Crippen molar-refractivity contribution in [2.75, 3.05) is 80.1 Å². The van der Waals surface area contributed by atoms with Crippen LogP contribution in [0.5, 0.6) is 0 Å². The number of hydrogen-bond acceptors (Lipinski definition) is 8. The van der Waals surface area contributed by atoms with Gasteiger partial charge in [-0.05, 0) is 75.5 Å².